The fraction of sp³-hybridized carbons (Fsp3) is 0.486. The zero-order chi connectivity index (χ0) is 32.7. The van der Waals surface area contributed by atoms with Crippen molar-refractivity contribution in [3.63, 3.8) is 0 Å². The minimum Gasteiger partial charge on any atom is -0.490 e. The Hall–Kier alpha value is -2.95. The van der Waals surface area contributed by atoms with Crippen LogP contribution in [0, 0.1) is 10.8 Å². The van der Waals surface area contributed by atoms with Crippen LogP contribution in [0.4, 0.5) is 0 Å². The van der Waals surface area contributed by atoms with Crippen molar-refractivity contribution >= 4 is 37.6 Å². The van der Waals surface area contributed by atoms with Gasteiger partial charge in [0, 0.05) is 61.6 Å². The lowest BCUT2D eigenvalue weighted by Gasteiger charge is -2.49. The van der Waals surface area contributed by atoms with Gasteiger partial charge >= 0.3 is 10.1 Å². The molecule has 1 heterocycles. The van der Waals surface area contributed by atoms with Crippen molar-refractivity contribution in [2.75, 3.05) is 26.9 Å². The molecule has 8 nitrogen and oxygen atoms in total. The number of carbonyl (C=O) groups excluding carboxylic acids is 2. The molecule has 45 heavy (non-hydrogen) atoms. The molecule has 0 fully saturated rings. The number of methoxy groups -OCH3 is 1. The predicted molar refractivity (Wildman–Crippen MR) is 176 cm³/mol. The van der Waals surface area contributed by atoms with Gasteiger partial charge in [-0.05, 0) is 82.8 Å². The number of benzene rings is 2. The van der Waals surface area contributed by atoms with Crippen LogP contribution in [0.2, 0.25) is 0 Å². The van der Waals surface area contributed by atoms with Crippen LogP contribution in [0.3, 0.4) is 0 Å². The van der Waals surface area contributed by atoms with Crippen molar-refractivity contribution in [2.24, 2.45) is 10.8 Å². The van der Waals surface area contributed by atoms with Crippen LogP contribution in [0.25, 0.3) is 0 Å². The monoisotopic (exact) mass is 699 g/mol. The maximum absolute atomic E-state index is 14.1. The smallest absolute Gasteiger partial charge is 0.339 e. The largest absolute Gasteiger partial charge is 0.490 e. The van der Waals surface area contributed by atoms with Gasteiger partial charge in [-0.2, -0.15) is 8.42 Å². The van der Waals surface area contributed by atoms with Crippen LogP contribution < -0.4 is 8.92 Å². The van der Waals surface area contributed by atoms with Gasteiger partial charge in [-0.25, -0.2) is 0 Å². The third-order valence-electron chi connectivity index (χ3n) is 8.64. The highest BCUT2D eigenvalue weighted by molar-refractivity contribution is 9.10. The average molecular weight is 701 g/mol. The number of hydrogen-bond donors (Lipinski definition) is 0. The number of halogens is 1. The summed E-state index contributed by atoms with van der Waals surface area (Å²) in [4.78, 5) is 30.5. The van der Waals surface area contributed by atoms with E-state index >= 15 is 0 Å². The van der Waals surface area contributed by atoms with Crippen molar-refractivity contribution in [1.82, 2.24) is 4.90 Å². The molecular weight excluding hydrogens is 658 g/mol. The van der Waals surface area contributed by atoms with Gasteiger partial charge in [0.2, 0.25) is 0 Å². The lowest BCUT2D eigenvalue weighted by Crippen LogP contribution is -2.44. The molecule has 0 atom stereocenters. The molecule has 0 radical (unpaired) electrons. The summed E-state index contributed by atoms with van der Waals surface area (Å²) in [5.41, 5.74) is 3.38. The fourth-order valence-electron chi connectivity index (χ4n) is 6.86. The highest BCUT2D eigenvalue weighted by Crippen LogP contribution is 2.55. The van der Waals surface area contributed by atoms with Crippen molar-refractivity contribution in [3.05, 3.63) is 75.0 Å². The third kappa shape index (κ3) is 6.79. The topological polar surface area (TPSA) is 99.2 Å². The molecule has 0 unspecified atom stereocenters. The molecule has 0 saturated carbocycles. The van der Waals surface area contributed by atoms with Crippen LogP contribution in [-0.4, -0.2) is 51.8 Å². The predicted octanol–water partition coefficient (Wildman–Crippen LogP) is 7.34. The maximum atomic E-state index is 14.1. The molecule has 242 valence electrons. The molecule has 0 spiro atoms. The molecule has 0 amide bonds. The lowest BCUT2D eigenvalue weighted by molar-refractivity contribution is -0.119. The van der Waals surface area contributed by atoms with E-state index in [1.54, 1.807) is 44.4 Å². The first kappa shape index (κ1) is 33.4. The van der Waals surface area contributed by atoms with Crippen LogP contribution in [-0.2, 0) is 24.4 Å². The lowest BCUT2D eigenvalue weighted by atomic mass is 9.63. The average Bonchev–Trinajstić information content (AvgIpc) is 2.94. The van der Waals surface area contributed by atoms with Gasteiger partial charge in [0.1, 0.15) is 4.90 Å². The second-order valence-corrected chi connectivity index (χ2v) is 16.0. The van der Waals surface area contributed by atoms with E-state index in [0.717, 1.165) is 17.8 Å². The Balaban J connectivity index is 1.71. The molecule has 2 aromatic rings. The van der Waals surface area contributed by atoms with E-state index in [1.165, 1.54) is 12.1 Å². The van der Waals surface area contributed by atoms with E-state index in [-0.39, 0.29) is 45.4 Å². The van der Waals surface area contributed by atoms with Gasteiger partial charge in [-0.3, -0.25) is 9.59 Å². The van der Waals surface area contributed by atoms with Crippen molar-refractivity contribution < 1.29 is 31.7 Å². The van der Waals surface area contributed by atoms with Gasteiger partial charge in [0.25, 0.3) is 0 Å². The van der Waals surface area contributed by atoms with Crippen molar-refractivity contribution in [3.8, 4) is 11.5 Å². The normalized spacial score (nSPS) is 19.8. The molecular formula is C35H42BrNO7S. The van der Waals surface area contributed by atoms with E-state index < -0.39 is 16.0 Å². The number of hydrogen-bond acceptors (Lipinski definition) is 8. The molecule has 0 saturated heterocycles. The molecule has 2 aromatic carbocycles. The Morgan fingerprint density at radius 3 is 2.02 bits per heavy atom. The van der Waals surface area contributed by atoms with Crippen molar-refractivity contribution in [2.45, 2.75) is 77.5 Å². The van der Waals surface area contributed by atoms with Gasteiger partial charge in [-0.15, -0.1) is 0 Å². The summed E-state index contributed by atoms with van der Waals surface area (Å²) in [6, 6.07) is 11.4. The standard InChI is InChI=1S/C35H42BrNO7S/c1-7-43-29-17-22(16-24(36)33(29)44-45(40,41)23-12-9-8-10-13-23)30-31-25(18-34(2,3)20-27(31)38)37(14-11-15-42-6)26-19-35(4,5)21-28(39)32(26)30/h8-10,12-13,16-17,30H,7,11,14-15,18-21H2,1-6H3. The van der Waals surface area contributed by atoms with E-state index in [1.807, 2.05) is 0 Å². The van der Waals surface area contributed by atoms with Crippen LogP contribution in [0.1, 0.15) is 78.2 Å². The van der Waals surface area contributed by atoms with E-state index in [9.17, 15) is 18.0 Å². The number of allylic oxidation sites excluding steroid dienone is 4. The van der Waals surface area contributed by atoms with Gasteiger partial charge in [-0.1, -0.05) is 45.9 Å². The summed E-state index contributed by atoms with van der Waals surface area (Å²) in [6.07, 6.45) is 2.87. The number of carbonyl (C=O) groups is 2. The summed E-state index contributed by atoms with van der Waals surface area (Å²) in [5, 5.41) is 0. The summed E-state index contributed by atoms with van der Waals surface area (Å²) in [7, 11) is -2.49. The van der Waals surface area contributed by atoms with Crippen LogP contribution >= 0.6 is 15.9 Å². The minimum atomic E-state index is -4.17. The highest BCUT2D eigenvalue weighted by Gasteiger charge is 2.49. The number of ether oxygens (including phenoxy) is 2. The van der Waals surface area contributed by atoms with Gasteiger partial charge in [0.15, 0.2) is 23.1 Å². The third-order valence-corrected chi connectivity index (χ3v) is 10.5. The summed E-state index contributed by atoms with van der Waals surface area (Å²) in [6.45, 7) is 11.7. The van der Waals surface area contributed by atoms with Crippen molar-refractivity contribution in [1.29, 1.82) is 0 Å². The molecule has 0 aromatic heterocycles. The highest BCUT2D eigenvalue weighted by atomic mass is 79.9. The first-order chi connectivity index (χ1) is 21.2. The Labute approximate surface area is 275 Å². The number of nitrogens with zero attached hydrogens (tertiary/aromatic N) is 1. The SMILES string of the molecule is CCOc1cc(C2C3=C(CC(C)(C)CC3=O)N(CCCOC)C3=C2C(=O)CC(C)(C)C3)cc(Br)c1OS(=O)(=O)c1ccccc1. The first-order valence-electron chi connectivity index (χ1n) is 15.4. The molecule has 1 aliphatic heterocycles. The van der Waals surface area contributed by atoms with Crippen LogP contribution in [0.5, 0.6) is 11.5 Å². The minimum absolute atomic E-state index is 0.0112. The van der Waals surface area contributed by atoms with E-state index in [4.69, 9.17) is 13.7 Å². The Morgan fingerprint density at radius 1 is 0.911 bits per heavy atom. The van der Waals surface area contributed by atoms with Gasteiger partial charge in [0.05, 0.1) is 11.1 Å². The quantitative estimate of drug-likeness (QED) is 0.188. The van der Waals surface area contributed by atoms with Gasteiger partial charge < -0.3 is 18.6 Å². The summed E-state index contributed by atoms with van der Waals surface area (Å²) in [5.74, 6) is -0.352. The number of ketones is 2. The van der Waals surface area contributed by atoms with Crippen LogP contribution in [0.15, 0.2) is 74.4 Å². The fourth-order valence-corrected chi connectivity index (χ4v) is 8.49. The summed E-state index contributed by atoms with van der Waals surface area (Å²) >= 11 is 3.56. The Morgan fingerprint density at radius 2 is 1.49 bits per heavy atom. The Bertz CT molecular complexity index is 1620. The van der Waals surface area contributed by atoms with E-state index in [2.05, 4.69) is 48.5 Å². The molecule has 10 heteroatoms. The van der Waals surface area contributed by atoms with E-state index in [0.29, 0.717) is 60.0 Å². The zero-order valence-corrected chi connectivity index (χ0v) is 29.3. The zero-order valence-electron chi connectivity index (χ0n) is 26.9. The molecule has 5 rings (SSSR count). The second-order valence-electron chi connectivity index (χ2n) is 13.6. The molecule has 3 aliphatic rings. The maximum Gasteiger partial charge on any atom is 0.339 e. The number of rotatable bonds is 10. The first-order valence-corrected chi connectivity index (χ1v) is 17.6. The molecule has 0 N–H and O–H groups in total. The Kier molecular flexibility index (Phi) is 9.42. The molecule has 0 bridgehead atoms. The molecule has 2 aliphatic carbocycles. The number of Topliss-reactive ketones (excluding diaryl/α,β-unsaturated/α-hetero) is 2. The second kappa shape index (κ2) is 12.7. The summed E-state index contributed by atoms with van der Waals surface area (Å²) < 4.78 is 43.8.